The molecule has 3 heterocycles. The van der Waals surface area contributed by atoms with Crippen LogP contribution in [0, 0.1) is 6.92 Å². The Labute approximate surface area is 165 Å². The van der Waals surface area contributed by atoms with Gasteiger partial charge in [0.25, 0.3) is 0 Å². The summed E-state index contributed by atoms with van der Waals surface area (Å²) in [6, 6.07) is 21.0. The van der Waals surface area contributed by atoms with Crippen LogP contribution in [-0.4, -0.2) is 29.5 Å². The van der Waals surface area contributed by atoms with Crippen LogP contribution in [0.3, 0.4) is 0 Å². The third-order valence-corrected chi connectivity index (χ3v) is 4.65. The highest BCUT2D eigenvalue weighted by Gasteiger charge is 2.15. The smallest absolute Gasteiger partial charge is 0.337 e. The number of fused-ring (bicyclic) bond motifs is 1. The van der Waals surface area contributed by atoms with Crippen molar-refractivity contribution in [1.82, 2.24) is 29.5 Å². The van der Waals surface area contributed by atoms with Gasteiger partial charge in [-0.1, -0.05) is 59.8 Å². The maximum absolute atomic E-state index is 12.8. The van der Waals surface area contributed by atoms with Crippen molar-refractivity contribution < 1.29 is 4.52 Å². The molecule has 8 nitrogen and oxygen atoms in total. The Kier molecular flexibility index (Phi) is 4.02. The van der Waals surface area contributed by atoms with Crippen LogP contribution < -0.4 is 5.69 Å². The van der Waals surface area contributed by atoms with E-state index in [1.807, 2.05) is 67.6 Å². The van der Waals surface area contributed by atoms with Crippen LogP contribution >= 0.6 is 0 Å². The minimum atomic E-state index is -0.367. The summed E-state index contributed by atoms with van der Waals surface area (Å²) in [5.74, 6) is 0.788. The molecular formula is C21H16N6O2. The standard InChI is InChI=1S/C21H16N6O2/c1-14-7-5-6-10-16(14)20-22-19(29-25-20)13-26-21(28)27-18(24-26)12-11-17(23-27)15-8-3-2-4-9-15/h2-12H,13H2,1H3. The maximum Gasteiger partial charge on any atom is 0.367 e. The van der Waals surface area contributed by atoms with Gasteiger partial charge in [0, 0.05) is 11.1 Å². The third kappa shape index (κ3) is 3.10. The fourth-order valence-corrected chi connectivity index (χ4v) is 3.15. The number of hydrogen-bond donors (Lipinski definition) is 0. The predicted molar refractivity (Wildman–Crippen MR) is 106 cm³/mol. The van der Waals surface area contributed by atoms with Gasteiger partial charge in [0.2, 0.25) is 11.7 Å². The highest BCUT2D eigenvalue weighted by atomic mass is 16.5. The van der Waals surface area contributed by atoms with E-state index >= 15 is 0 Å². The minimum Gasteiger partial charge on any atom is -0.337 e. The molecule has 0 aliphatic carbocycles. The third-order valence-electron chi connectivity index (χ3n) is 4.65. The molecule has 29 heavy (non-hydrogen) atoms. The van der Waals surface area contributed by atoms with Gasteiger partial charge in [-0.05, 0) is 24.6 Å². The van der Waals surface area contributed by atoms with Gasteiger partial charge in [-0.2, -0.15) is 14.6 Å². The summed E-state index contributed by atoms with van der Waals surface area (Å²) in [5, 5.41) is 12.8. The summed E-state index contributed by atoms with van der Waals surface area (Å²) in [5.41, 5.74) is 3.64. The van der Waals surface area contributed by atoms with Gasteiger partial charge in [0.15, 0.2) is 5.65 Å². The van der Waals surface area contributed by atoms with Gasteiger partial charge in [0.1, 0.15) is 6.54 Å². The second-order valence-corrected chi connectivity index (χ2v) is 6.62. The lowest BCUT2D eigenvalue weighted by Crippen LogP contribution is -2.23. The molecule has 5 aromatic rings. The summed E-state index contributed by atoms with van der Waals surface area (Å²) in [6.07, 6.45) is 0. The maximum atomic E-state index is 12.8. The Bertz CT molecular complexity index is 1370. The largest absolute Gasteiger partial charge is 0.367 e. The molecule has 0 amide bonds. The summed E-state index contributed by atoms with van der Waals surface area (Å²) in [4.78, 5) is 17.2. The van der Waals surface area contributed by atoms with Crippen LogP contribution in [0.5, 0.6) is 0 Å². The highest BCUT2D eigenvalue weighted by molar-refractivity contribution is 5.60. The molecular weight excluding hydrogens is 368 g/mol. The molecule has 2 aromatic carbocycles. The lowest BCUT2D eigenvalue weighted by molar-refractivity contribution is 0.364. The Morgan fingerprint density at radius 1 is 0.931 bits per heavy atom. The lowest BCUT2D eigenvalue weighted by Gasteiger charge is -1.99. The highest BCUT2D eigenvalue weighted by Crippen LogP contribution is 2.20. The second kappa shape index (κ2) is 6.83. The number of hydrogen-bond acceptors (Lipinski definition) is 6. The number of rotatable bonds is 4. The van der Waals surface area contributed by atoms with Gasteiger partial charge >= 0.3 is 5.69 Å². The van der Waals surface area contributed by atoms with Crippen molar-refractivity contribution in [2.75, 3.05) is 0 Å². The normalized spacial score (nSPS) is 11.2. The Hall–Kier alpha value is -4.07. The molecule has 0 aliphatic heterocycles. The van der Waals surface area contributed by atoms with E-state index in [9.17, 15) is 4.79 Å². The average molecular weight is 384 g/mol. The van der Waals surface area contributed by atoms with E-state index in [-0.39, 0.29) is 12.2 Å². The quantitative estimate of drug-likeness (QED) is 0.473. The minimum absolute atomic E-state index is 0.0712. The van der Waals surface area contributed by atoms with Crippen molar-refractivity contribution in [1.29, 1.82) is 0 Å². The molecule has 0 aliphatic rings. The van der Waals surface area contributed by atoms with Crippen molar-refractivity contribution in [3.8, 4) is 22.6 Å². The Morgan fingerprint density at radius 3 is 2.55 bits per heavy atom. The first-order valence-electron chi connectivity index (χ1n) is 9.10. The number of benzene rings is 2. The van der Waals surface area contributed by atoms with E-state index in [2.05, 4.69) is 20.3 Å². The van der Waals surface area contributed by atoms with Crippen LogP contribution in [0.25, 0.3) is 28.3 Å². The number of nitrogens with zero attached hydrogens (tertiary/aromatic N) is 6. The van der Waals surface area contributed by atoms with Crippen LogP contribution in [0.2, 0.25) is 0 Å². The molecule has 0 radical (unpaired) electrons. The van der Waals surface area contributed by atoms with Gasteiger partial charge in [-0.25, -0.2) is 9.48 Å². The van der Waals surface area contributed by atoms with Crippen molar-refractivity contribution in [3.63, 3.8) is 0 Å². The fraction of sp³-hybridized carbons (Fsp3) is 0.0952. The van der Waals surface area contributed by atoms with E-state index in [4.69, 9.17) is 4.52 Å². The zero-order valence-electron chi connectivity index (χ0n) is 15.6. The molecule has 3 aromatic heterocycles. The summed E-state index contributed by atoms with van der Waals surface area (Å²) in [7, 11) is 0. The second-order valence-electron chi connectivity index (χ2n) is 6.62. The first kappa shape index (κ1) is 17.1. The van der Waals surface area contributed by atoms with Crippen LogP contribution in [0.4, 0.5) is 0 Å². The fourth-order valence-electron chi connectivity index (χ4n) is 3.15. The van der Waals surface area contributed by atoms with Crippen molar-refractivity contribution in [2.45, 2.75) is 13.5 Å². The van der Waals surface area contributed by atoms with E-state index < -0.39 is 0 Å². The molecule has 5 rings (SSSR count). The van der Waals surface area contributed by atoms with Crippen molar-refractivity contribution >= 4 is 5.65 Å². The lowest BCUT2D eigenvalue weighted by atomic mass is 10.1. The topological polar surface area (TPSA) is 91.1 Å². The van der Waals surface area contributed by atoms with Gasteiger partial charge < -0.3 is 4.52 Å². The number of aromatic nitrogens is 6. The zero-order valence-corrected chi connectivity index (χ0v) is 15.6. The van der Waals surface area contributed by atoms with Gasteiger partial charge in [-0.3, -0.25) is 0 Å². The van der Waals surface area contributed by atoms with Gasteiger partial charge in [-0.15, -0.1) is 5.10 Å². The zero-order chi connectivity index (χ0) is 19.8. The van der Waals surface area contributed by atoms with Crippen LogP contribution in [0.1, 0.15) is 11.5 Å². The SMILES string of the molecule is Cc1ccccc1-c1noc(Cn2nc3ccc(-c4ccccc4)nn3c2=O)n1. The molecule has 0 saturated carbocycles. The van der Waals surface area contributed by atoms with Crippen LogP contribution in [0.15, 0.2) is 76.0 Å². The van der Waals surface area contributed by atoms with E-state index in [0.717, 1.165) is 16.7 Å². The summed E-state index contributed by atoms with van der Waals surface area (Å²) >= 11 is 0. The molecule has 0 spiro atoms. The molecule has 0 atom stereocenters. The molecule has 0 fully saturated rings. The monoisotopic (exact) mass is 384 g/mol. The van der Waals surface area contributed by atoms with Crippen molar-refractivity contribution in [3.05, 3.63) is 88.7 Å². The summed E-state index contributed by atoms with van der Waals surface area (Å²) < 4.78 is 7.88. The Morgan fingerprint density at radius 2 is 1.72 bits per heavy atom. The average Bonchev–Trinajstić information content (AvgIpc) is 3.34. The molecule has 8 heteroatoms. The molecule has 142 valence electrons. The van der Waals surface area contributed by atoms with Gasteiger partial charge in [0.05, 0.1) is 5.69 Å². The molecule has 0 saturated heterocycles. The van der Waals surface area contributed by atoms with E-state index in [1.165, 1.54) is 9.20 Å². The van der Waals surface area contributed by atoms with Crippen LogP contribution in [-0.2, 0) is 6.54 Å². The Balaban J connectivity index is 1.48. The van der Waals surface area contributed by atoms with Crippen molar-refractivity contribution in [2.24, 2.45) is 0 Å². The predicted octanol–water partition coefficient (Wildman–Crippen LogP) is 2.96. The first-order chi connectivity index (χ1) is 14.2. The summed E-state index contributed by atoms with van der Waals surface area (Å²) in [6.45, 7) is 2.05. The first-order valence-corrected chi connectivity index (χ1v) is 9.10. The number of aryl methyl sites for hydroxylation is 1. The van der Waals surface area contributed by atoms with E-state index in [1.54, 1.807) is 6.07 Å². The molecule has 0 unspecified atom stereocenters. The van der Waals surface area contributed by atoms with E-state index in [0.29, 0.717) is 23.1 Å². The molecule has 0 N–H and O–H groups in total. The molecule has 0 bridgehead atoms.